The Morgan fingerprint density at radius 3 is 3.00 bits per heavy atom. The summed E-state index contributed by atoms with van der Waals surface area (Å²) in [5, 5.41) is 3.57. The van der Waals surface area contributed by atoms with E-state index in [0.717, 1.165) is 36.4 Å². The fourth-order valence-electron chi connectivity index (χ4n) is 2.55. The number of aromatic nitrogens is 1. The molecule has 92 valence electrons. The minimum Gasteiger partial charge on any atom is -0.490 e. The van der Waals surface area contributed by atoms with Crippen LogP contribution in [-0.4, -0.2) is 30.2 Å². The molecule has 1 aliphatic heterocycles. The summed E-state index contributed by atoms with van der Waals surface area (Å²) < 4.78 is 5.74. The molecule has 2 aliphatic rings. The predicted octanol–water partition coefficient (Wildman–Crippen LogP) is 0.712. The summed E-state index contributed by atoms with van der Waals surface area (Å²) in [6, 6.07) is 5.28. The molecule has 0 spiro atoms. The van der Waals surface area contributed by atoms with Crippen LogP contribution in [0.15, 0.2) is 18.3 Å². The molecule has 0 bridgehead atoms. The Kier molecular flexibility index (Phi) is 2.99. The number of fused-ring (bicyclic) bond motifs is 1. The summed E-state index contributed by atoms with van der Waals surface area (Å²) in [5.74, 6) is 1.78. The van der Waals surface area contributed by atoms with Gasteiger partial charge in [0.25, 0.3) is 0 Å². The molecular formula is C13H19N3O. The van der Waals surface area contributed by atoms with Gasteiger partial charge in [-0.25, -0.2) is 0 Å². The Morgan fingerprint density at radius 1 is 1.41 bits per heavy atom. The number of ether oxygens (including phenoxy) is 1. The maximum Gasteiger partial charge on any atom is 0.137 e. The van der Waals surface area contributed by atoms with Crippen LogP contribution in [0.5, 0.6) is 5.75 Å². The van der Waals surface area contributed by atoms with Gasteiger partial charge in [0.1, 0.15) is 12.4 Å². The number of nitrogens with two attached hydrogens (primary N) is 1. The molecule has 1 aliphatic carbocycles. The fourth-order valence-corrected chi connectivity index (χ4v) is 2.55. The van der Waals surface area contributed by atoms with Crippen LogP contribution in [0.3, 0.4) is 0 Å². The van der Waals surface area contributed by atoms with E-state index in [-0.39, 0.29) is 0 Å². The highest BCUT2D eigenvalue weighted by Crippen LogP contribution is 2.40. The number of hydrogen-bond donors (Lipinski definition) is 2. The maximum absolute atomic E-state index is 5.74. The third-order valence-corrected chi connectivity index (χ3v) is 3.61. The van der Waals surface area contributed by atoms with Gasteiger partial charge in [-0.05, 0) is 37.4 Å². The van der Waals surface area contributed by atoms with Gasteiger partial charge in [0, 0.05) is 24.2 Å². The van der Waals surface area contributed by atoms with Gasteiger partial charge < -0.3 is 15.8 Å². The lowest BCUT2D eigenvalue weighted by molar-refractivity contribution is 0.267. The Morgan fingerprint density at radius 2 is 2.35 bits per heavy atom. The molecule has 1 aromatic rings. The van der Waals surface area contributed by atoms with Gasteiger partial charge in [-0.1, -0.05) is 0 Å². The second-order valence-corrected chi connectivity index (χ2v) is 5.04. The van der Waals surface area contributed by atoms with Crippen molar-refractivity contribution >= 4 is 0 Å². The number of piperidine rings is 1. The van der Waals surface area contributed by atoms with Gasteiger partial charge >= 0.3 is 0 Å². The molecule has 3 atom stereocenters. The number of nitrogens with zero attached hydrogens (tertiary/aromatic N) is 1. The molecule has 0 aromatic carbocycles. The molecule has 4 heteroatoms. The SMILES string of the molecule is NCCc1ccc(OCC2CC3CC3N2)cn1. The summed E-state index contributed by atoms with van der Waals surface area (Å²) in [6.07, 6.45) is 5.25. The van der Waals surface area contributed by atoms with Gasteiger partial charge in [-0.3, -0.25) is 4.98 Å². The minimum absolute atomic E-state index is 0.530. The first-order chi connectivity index (χ1) is 8.35. The van der Waals surface area contributed by atoms with Crippen LogP contribution in [0, 0.1) is 5.92 Å². The summed E-state index contributed by atoms with van der Waals surface area (Å²) in [6.45, 7) is 1.40. The molecule has 1 saturated carbocycles. The zero-order valence-corrected chi connectivity index (χ0v) is 9.93. The van der Waals surface area contributed by atoms with Gasteiger partial charge in [-0.2, -0.15) is 0 Å². The summed E-state index contributed by atoms with van der Waals surface area (Å²) in [7, 11) is 0. The van der Waals surface area contributed by atoms with Crippen LogP contribution in [0.4, 0.5) is 0 Å². The minimum atomic E-state index is 0.530. The quantitative estimate of drug-likeness (QED) is 0.786. The lowest BCUT2D eigenvalue weighted by Gasteiger charge is -2.14. The van der Waals surface area contributed by atoms with Gasteiger partial charge in [0.2, 0.25) is 0 Å². The highest BCUT2D eigenvalue weighted by atomic mass is 16.5. The molecule has 1 saturated heterocycles. The Hall–Kier alpha value is -1.13. The van der Waals surface area contributed by atoms with E-state index in [0.29, 0.717) is 12.6 Å². The number of rotatable bonds is 5. The zero-order valence-electron chi connectivity index (χ0n) is 9.93. The van der Waals surface area contributed by atoms with E-state index in [1.165, 1.54) is 12.8 Å². The molecule has 2 fully saturated rings. The van der Waals surface area contributed by atoms with E-state index < -0.39 is 0 Å². The second kappa shape index (κ2) is 4.63. The molecule has 17 heavy (non-hydrogen) atoms. The average molecular weight is 233 g/mol. The van der Waals surface area contributed by atoms with Crippen LogP contribution in [0.2, 0.25) is 0 Å². The normalized spacial score (nSPS) is 30.1. The van der Waals surface area contributed by atoms with Crippen molar-refractivity contribution in [1.29, 1.82) is 0 Å². The first-order valence-corrected chi connectivity index (χ1v) is 6.39. The van der Waals surface area contributed by atoms with E-state index in [9.17, 15) is 0 Å². The molecule has 3 N–H and O–H groups in total. The van der Waals surface area contributed by atoms with Crippen molar-refractivity contribution < 1.29 is 4.74 Å². The molecule has 4 nitrogen and oxygen atoms in total. The summed E-state index contributed by atoms with van der Waals surface area (Å²) in [4.78, 5) is 4.31. The van der Waals surface area contributed by atoms with Gasteiger partial charge in [0.05, 0.1) is 6.20 Å². The Bertz CT molecular complexity index is 369. The number of pyridine rings is 1. The monoisotopic (exact) mass is 233 g/mol. The second-order valence-electron chi connectivity index (χ2n) is 5.04. The van der Waals surface area contributed by atoms with Gasteiger partial charge in [-0.15, -0.1) is 0 Å². The van der Waals surface area contributed by atoms with Gasteiger partial charge in [0.15, 0.2) is 0 Å². The van der Waals surface area contributed by atoms with Crippen LogP contribution >= 0.6 is 0 Å². The van der Waals surface area contributed by atoms with Crippen LogP contribution < -0.4 is 15.8 Å². The van der Waals surface area contributed by atoms with Crippen molar-refractivity contribution in [3.05, 3.63) is 24.0 Å². The lowest BCUT2D eigenvalue weighted by atomic mass is 10.2. The largest absolute Gasteiger partial charge is 0.490 e. The Labute approximate surface area is 102 Å². The topological polar surface area (TPSA) is 60.2 Å². The maximum atomic E-state index is 5.74. The molecule has 3 unspecified atom stereocenters. The van der Waals surface area contributed by atoms with Crippen molar-refractivity contribution in [3.8, 4) is 5.75 Å². The summed E-state index contributed by atoms with van der Waals surface area (Å²) in [5.41, 5.74) is 6.51. The third kappa shape index (κ3) is 2.58. The number of nitrogens with one attached hydrogen (secondary N) is 1. The van der Waals surface area contributed by atoms with E-state index in [1.807, 2.05) is 12.1 Å². The molecule has 1 aromatic heterocycles. The molecule has 2 heterocycles. The first-order valence-electron chi connectivity index (χ1n) is 6.39. The van der Waals surface area contributed by atoms with Crippen LogP contribution in [-0.2, 0) is 6.42 Å². The molecular weight excluding hydrogens is 214 g/mol. The highest BCUT2D eigenvalue weighted by molar-refractivity contribution is 5.20. The molecule has 0 amide bonds. The fraction of sp³-hybridized carbons (Fsp3) is 0.615. The Balaban J connectivity index is 1.47. The van der Waals surface area contributed by atoms with Crippen molar-refractivity contribution in [2.75, 3.05) is 13.2 Å². The molecule has 0 radical (unpaired) electrons. The first kappa shape index (κ1) is 11.0. The summed E-state index contributed by atoms with van der Waals surface area (Å²) >= 11 is 0. The number of hydrogen-bond acceptors (Lipinski definition) is 4. The average Bonchev–Trinajstić information content (AvgIpc) is 2.96. The standard InChI is InChI=1S/C13H19N3O/c14-4-3-10-1-2-12(7-15-10)17-8-11-5-9-6-13(9)16-11/h1-2,7,9,11,13,16H,3-6,8,14H2. The van der Waals surface area contributed by atoms with E-state index in [2.05, 4.69) is 10.3 Å². The molecule has 3 rings (SSSR count). The lowest BCUT2D eigenvalue weighted by Crippen LogP contribution is -2.31. The smallest absolute Gasteiger partial charge is 0.137 e. The predicted molar refractivity (Wildman–Crippen MR) is 65.9 cm³/mol. The third-order valence-electron chi connectivity index (χ3n) is 3.61. The van der Waals surface area contributed by atoms with Crippen molar-refractivity contribution in [3.63, 3.8) is 0 Å². The van der Waals surface area contributed by atoms with E-state index in [1.54, 1.807) is 6.20 Å². The zero-order chi connectivity index (χ0) is 11.7. The van der Waals surface area contributed by atoms with E-state index in [4.69, 9.17) is 10.5 Å². The van der Waals surface area contributed by atoms with E-state index >= 15 is 0 Å². The van der Waals surface area contributed by atoms with Crippen LogP contribution in [0.25, 0.3) is 0 Å². The van der Waals surface area contributed by atoms with Crippen molar-refractivity contribution in [1.82, 2.24) is 10.3 Å². The van der Waals surface area contributed by atoms with Crippen molar-refractivity contribution in [2.45, 2.75) is 31.3 Å². The van der Waals surface area contributed by atoms with Crippen LogP contribution in [0.1, 0.15) is 18.5 Å². The highest BCUT2D eigenvalue weighted by Gasteiger charge is 2.45. The van der Waals surface area contributed by atoms with Crippen molar-refractivity contribution in [2.24, 2.45) is 11.7 Å².